The van der Waals surface area contributed by atoms with Crippen LogP contribution in [0.4, 0.5) is 0 Å². The summed E-state index contributed by atoms with van der Waals surface area (Å²) >= 11 is 1.21. The van der Waals surface area contributed by atoms with Crippen LogP contribution in [0.15, 0.2) is 29.4 Å². The van der Waals surface area contributed by atoms with Crippen LogP contribution < -0.4 is 5.43 Å². The first-order chi connectivity index (χ1) is 11.8. The maximum absolute atomic E-state index is 11.1. The average molecular weight is 384 g/mol. The van der Waals surface area contributed by atoms with E-state index in [1.165, 1.54) is 39.5 Å². The van der Waals surface area contributed by atoms with Gasteiger partial charge in [0, 0.05) is 5.56 Å². The quantitative estimate of drug-likeness (QED) is 0.417. The van der Waals surface area contributed by atoms with Crippen molar-refractivity contribution in [3.05, 3.63) is 35.4 Å². The molecule has 146 valence electrons. The van der Waals surface area contributed by atoms with E-state index in [0.717, 1.165) is 11.1 Å². The molecule has 0 aliphatic carbocycles. The van der Waals surface area contributed by atoms with E-state index in [2.05, 4.69) is 10.5 Å². The van der Waals surface area contributed by atoms with Crippen molar-refractivity contribution in [1.29, 1.82) is 0 Å². The molecule has 5 atom stereocenters. The Morgan fingerprint density at radius 3 is 2.04 bits per heavy atom. The van der Waals surface area contributed by atoms with Crippen molar-refractivity contribution in [2.75, 3.05) is 6.61 Å². The van der Waals surface area contributed by atoms with Gasteiger partial charge in [-0.2, -0.15) is 5.10 Å². The van der Waals surface area contributed by atoms with Crippen LogP contribution in [0.3, 0.4) is 0 Å². The Bertz CT molecular complexity index is 683. The van der Waals surface area contributed by atoms with Gasteiger partial charge in [0.25, 0.3) is 0 Å². The summed E-state index contributed by atoms with van der Waals surface area (Å²) in [6, 6.07) is 7.71. The van der Waals surface area contributed by atoms with Crippen molar-refractivity contribution in [3.8, 4) is 0 Å². The van der Waals surface area contributed by atoms with Crippen LogP contribution >= 0.6 is 11.8 Å². The molecule has 0 bridgehead atoms. The predicted octanol–water partition coefficient (Wildman–Crippen LogP) is 0.315. The summed E-state index contributed by atoms with van der Waals surface area (Å²) in [6.45, 7) is 6.14. The molecule has 2 rings (SSSR count). The van der Waals surface area contributed by atoms with Gasteiger partial charge in [-0.25, -0.2) is 0 Å². The minimum Gasteiger partial charge on any atom is -0.393 e. The molecule has 1 aliphatic heterocycles. The van der Waals surface area contributed by atoms with Crippen LogP contribution in [0.5, 0.6) is 0 Å². The van der Waals surface area contributed by atoms with Gasteiger partial charge in [-0.15, -0.1) is 0 Å². The number of aliphatic hydroxyl groups is 5. The van der Waals surface area contributed by atoms with Gasteiger partial charge < -0.3 is 25.5 Å². The Morgan fingerprint density at radius 2 is 1.54 bits per heavy atom. The zero-order chi connectivity index (χ0) is 20.0. The molecule has 1 heterocycles. The van der Waals surface area contributed by atoms with Crippen molar-refractivity contribution >= 4 is 16.8 Å². The number of nitrogens with zero attached hydrogens (tertiary/aromatic N) is 1. The van der Waals surface area contributed by atoms with E-state index in [9.17, 15) is 25.5 Å². The Hall–Kier alpha value is -1.16. The first-order valence-electron chi connectivity index (χ1n) is 8.35. The number of hydrazone groups is 1. The lowest BCUT2D eigenvalue weighted by Gasteiger charge is -2.53. The molecule has 0 amide bonds. The number of rotatable bonds is 6. The molecule has 6 N–H and O–H groups in total. The van der Waals surface area contributed by atoms with Gasteiger partial charge in [0.1, 0.15) is 32.8 Å². The Morgan fingerprint density at radius 1 is 1.00 bits per heavy atom. The molecule has 0 fully saturated rings. The van der Waals surface area contributed by atoms with Crippen molar-refractivity contribution in [3.63, 3.8) is 0 Å². The second kappa shape index (κ2) is 6.78. The van der Waals surface area contributed by atoms with Gasteiger partial charge in [-0.1, -0.05) is 41.6 Å². The van der Waals surface area contributed by atoms with Gasteiger partial charge in [-0.3, -0.25) is 5.43 Å². The Balaban J connectivity index is 2.26. The number of hydrogen-bond acceptors (Lipinski definition) is 8. The number of thioether (sulfide) groups is 1. The van der Waals surface area contributed by atoms with Crippen molar-refractivity contribution < 1.29 is 25.5 Å². The predicted molar refractivity (Wildman–Crippen MR) is 102 cm³/mol. The molecule has 8 heteroatoms. The van der Waals surface area contributed by atoms with Crippen molar-refractivity contribution in [1.82, 2.24) is 5.43 Å². The van der Waals surface area contributed by atoms with Crippen LogP contribution in [-0.2, 0) is 0 Å². The van der Waals surface area contributed by atoms with Crippen LogP contribution in [0.2, 0.25) is 0 Å². The monoisotopic (exact) mass is 384 g/mol. The van der Waals surface area contributed by atoms with E-state index in [1.807, 2.05) is 31.2 Å². The highest BCUT2D eigenvalue weighted by Crippen LogP contribution is 2.44. The first-order valence-corrected chi connectivity index (χ1v) is 9.23. The Labute approximate surface area is 157 Å². The highest BCUT2D eigenvalue weighted by atomic mass is 32.2. The molecule has 0 saturated carbocycles. The molecule has 0 saturated heterocycles. The molecule has 0 aromatic heterocycles. The third-order valence-corrected chi connectivity index (χ3v) is 6.96. The highest BCUT2D eigenvalue weighted by molar-refractivity contribution is 8.15. The van der Waals surface area contributed by atoms with E-state index >= 15 is 0 Å². The number of nitrogens with one attached hydrogen (secondary N) is 1. The smallest absolute Gasteiger partial charge is 0.127 e. The van der Waals surface area contributed by atoms with E-state index in [-0.39, 0.29) is 0 Å². The molecular formula is C18H28N2O5S. The lowest BCUT2D eigenvalue weighted by atomic mass is 9.66. The van der Waals surface area contributed by atoms with Gasteiger partial charge in [0.05, 0.1) is 6.61 Å². The number of benzene rings is 1. The number of aryl methyl sites for hydroxylation is 1. The van der Waals surface area contributed by atoms with Crippen LogP contribution in [0, 0.1) is 6.92 Å². The first kappa shape index (κ1) is 21.1. The van der Waals surface area contributed by atoms with Crippen LogP contribution in [0.1, 0.15) is 38.8 Å². The highest BCUT2D eigenvalue weighted by Gasteiger charge is 2.64. The average Bonchev–Trinajstić information content (AvgIpc) is 3.05. The fraction of sp³-hybridized carbons (Fsp3) is 0.611. The Kier molecular flexibility index (Phi) is 5.51. The molecule has 0 spiro atoms. The van der Waals surface area contributed by atoms with E-state index in [0.29, 0.717) is 5.04 Å². The van der Waals surface area contributed by atoms with E-state index < -0.39 is 34.4 Å². The van der Waals surface area contributed by atoms with Gasteiger partial charge in [0.2, 0.25) is 0 Å². The van der Waals surface area contributed by atoms with Crippen molar-refractivity contribution in [2.24, 2.45) is 5.10 Å². The third-order valence-electron chi connectivity index (χ3n) is 5.61. The van der Waals surface area contributed by atoms with Gasteiger partial charge >= 0.3 is 0 Å². The number of aliphatic hydroxyl groups excluding tert-OH is 1. The summed E-state index contributed by atoms with van der Waals surface area (Å²) in [6.07, 6.45) is 0. The SMILES string of the molecule is Cc1ccc(C2=NN[C@H]([C@@](C)(O)[C@](C)(O)[C@](C)(O)[C@](C)(O)CO)S2)cc1. The summed E-state index contributed by atoms with van der Waals surface area (Å²) in [5.74, 6) is 0. The molecule has 1 aliphatic rings. The topological polar surface area (TPSA) is 126 Å². The summed E-state index contributed by atoms with van der Waals surface area (Å²) < 4.78 is 0. The van der Waals surface area contributed by atoms with Gasteiger partial charge in [0.15, 0.2) is 0 Å². The second-order valence-electron chi connectivity index (χ2n) is 7.63. The van der Waals surface area contributed by atoms with E-state index in [1.54, 1.807) is 0 Å². The zero-order valence-electron chi connectivity index (χ0n) is 15.7. The molecular weight excluding hydrogens is 356 g/mol. The maximum atomic E-state index is 11.1. The summed E-state index contributed by atoms with van der Waals surface area (Å²) in [5, 5.41) is 56.7. The third kappa shape index (κ3) is 3.26. The summed E-state index contributed by atoms with van der Waals surface area (Å²) in [7, 11) is 0. The minimum absolute atomic E-state index is 0.639. The lowest BCUT2D eigenvalue weighted by molar-refractivity contribution is -0.286. The molecule has 0 unspecified atom stereocenters. The maximum Gasteiger partial charge on any atom is 0.127 e. The number of hydrogen-bond donors (Lipinski definition) is 6. The molecule has 26 heavy (non-hydrogen) atoms. The molecule has 0 radical (unpaired) electrons. The van der Waals surface area contributed by atoms with Crippen LogP contribution in [0.25, 0.3) is 0 Å². The van der Waals surface area contributed by atoms with Gasteiger partial charge in [-0.05, 0) is 34.6 Å². The molecule has 1 aromatic rings. The fourth-order valence-corrected chi connectivity index (χ4v) is 3.94. The van der Waals surface area contributed by atoms with Crippen molar-refractivity contribution in [2.45, 2.75) is 62.4 Å². The second-order valence-corrected chi connectivity index (χ2v) is 8.73. The molecule has 1 aromatic carbocycles. The van der Waals surface area contributed by atoms with E-state index in [4.69, 9.17) is 0 Å². The lowest BCUT2D eigenvalue weighted by Crippen LogP contribution is -2.75. The summed E-state index contributed by atoms with van der Waals surface area (Å²) in [5.41, 5.74) is -3.58. The fourth-order valence-electron chi connectivity index (χ4n) is 2.78. The summed E-state index contributed by atoms with van der Waals surface area (Å²) in [4.78, 5) is 0. The largest absolute Gasteiger partial charge is 0.393 e. The zero-order valence-corrected chi connectivity index (χ0v) is 16.5. The standard InChI is InChI=1S/C18H28N2O5S/c1-11-6-8-12(9-7-11)13-19-20-14(26-13)16(3,23)18(5,25)17(4,24)15(2,22)10-21/h6-9,14,20-25H,10H2,1-5H3/t14-,15+,16+,17+,18-/m0/s1. The minimum atomic E-state index is -2.22. The van der Waals surface area contributed by atoms with Crippen LogP contribution in [-0.4, -0.2) is 65.0 Å². The normalized spacial score (nSPS) is 26.7. The molecule has 7 nitrogen and oxygen atoms in total.